The zero-order valence-corrected chi connectivity index (χ0v) is 16.0. The van der Waals surface area contributed by atoms with Gasteiger partial charge >= 0.3 is 5.97 Å². The number of halogens is 1. The van der Waals surface area contributed by atoms with E-state index in [2.05, 4.69) is 11.7 Å². The van der Waals surface area contributed by atoms with Crippen molar-refractivity contribution in [2.45, 2.75) is 82.8 Å². The summed E-state index contributed by atoms with van der Waals surface area (Å²) in [5.74, 6) is -0.271. The fourth-order valence-corrected chi connectivity index (χ4v) is 3.99. The van der Waals surface area contributed by atoms with Crippen molar-refractivity contribution in [1.29, 1.82) is 0 Å². The smallest absolute Gasteiger partial charge is 0.305 e. The molecule has 0 spiro atoms. The number of hydrogen-bond donors (Lipinski definition) is 1. The Morgan fingerprint density at radius 3 is 2.88 bits per heavy atom. The summed E-state index contributed by atoms with van der Waals surface area (Å²) in [5.41, 5.74) is 0. The molecule has 1 N–H and O–H groups in total. The molecule has 2 aliphatic rings. The zero-order chi connectivity index (χ0) is 18.9. The highest BCUT2D eigenvalue weighted by Gasteiger charge is 2.50. The van der Waals surface area contributed by atoms with Crippen molar-refractivity contribution in [3.05, 3.63) is 24.3 Å². The van der Waals surface area contributed by atoms with Crippen LogP contribution in [0.1, 0.15) is 58.3 Å². The average Bonchev–Trinajstić information content (AvgIpc) is 3.17. The fraction of sp³-hybridized carbons (Fsp3) is 0.762. The number of rotatable bonds is 10. The number of carbonyl (C=O) groups is 1. The van der Waals surface area contributed by atoms with E-state index in [9.17, 15) is 14.3 Å². The van der Waals surface area contributed by atoms with Crippen molar-refractivity contribution in [1.82, 2.24) is 0 Å². The van der Waals surface area contributed by atoms with Gasteiger partial charge < -0.3 is 14.6 Å². The molecule has 1 saturated carbocycles. The van der Waals surface area contributed by atoms with Gasteiger partial charge in [0.25, 0.3) is 0 Å². The van der Waals surface area contributed by atoms with Crippen LogP contribution in [0.2, 0.25) is 0 Å². The summed E-state index contributed by atoms with van der Waals surface area (Å²) in [4.78, 5) is 11.1. The second kappa shape index (κ2) is 10.8. The summed E-state index contributed by atoms with van der Waals surface area (Å²) in [7, 11) is 1.36. The van der Waals surface area contributed by atoms with Crippen LogP contribution >= 0.6 is 0 Å². The van der Waals surface area contributed by atoms with Gasteiger partial charge in [-0.3, -0.25) is 4.79 Å². The Morgan fingerprint density at radius 1 is 1.35 bits per heavy atom. The molecular formula is C21H33FO4. The second-order valence-corrected chi connectivity index (χ2v) is 7.39. The Morgan fingerprint density at radius 2 is 2.15 bits per heavy atom. The third kappa shape index (κ3) is 5.92. The van der Waals surface area contributed by atoms with Crippen LogP contribution < -0.4 is 0 Å². The van der Waals surface area contributed by atoms with E-state index in [1.807, 2.05) is 12.2 Å². The molecule has 1 saturated heterocycles. The summed E-state index contributed by atoms with van der Waals surface area (Å²) in [6, 6.07) is 0. The van der Waals surface area contributed by atoms with Gasteiger partial charge in [-0.25, -0.2) is 4.39 Å². The van der Waals surface area contributed by atoms with E-state index in [0.29, 0.717) is 12.8 Å². The Balaban J connectivity index is 1.82. The van der Waals surface area contributed by atoms with Gasteiger partial charge in [0, 0.05) is 12.3 Å². The third-order valence-corrected chi connectivity index (χ3v) is 5.47. The van der Waals surface area contributed by atoms with Gasteiger partial charge in [0.05, 0.1) is 19.3 Å². The van der Waals surface area contributed by atoms with E-state index in [4.69, 9.17) is 4.74 Å². The van der Waals surface area contributed by atoms with Gasteiger partial charge in [-0.05, 0) is 31.6 Å². The zero-order valence-electron chi connectivity index (χ0n) is 16.0. The van der Waals surface area contributed by atoms with E-state index in [1.54, 1.807) is 12.2 Å². The minimum Gasteiger partial charge on any atom is -0.469 e. The van der Waals surface area contributed by atoms with Crippen LogP contribution in [-0.2, 0) is 14.3 Å². The van der Waals surface area contributed by atoms with Crippen molar-refractivity contribution < 1.29 is 23.8 Å². The van der Waals surface area contributed by atoms with Gasteiger partial charge in [-0.15, -0.1) is 0 Å². The molecule has 0 aromatic heterocycles. The van der Waals surface area contributed by atoms with E-state index >= 15 is 0 Å². The summed E-state index contributed by atoms with van der Waals surface area (Å²) < 4.78 is 25.3. The van der Waals surface area contributed by atoms with E-state index < -0.39 is 18.4 Å². The number of esters is 1. The Bertz CT molecular complexity index is 490. The van der Waals surface area contributed by atoms with Crippen molar-refractivity contribution in [3.8, 4) is 0 Å². The number of methoxy groups -OCH3 is 1. The maximum atomic E-state index is 14.9. The number of unbranched alkanes of at least 4 members (excludes halogenated alkanes) is 2. The predicted molar refractivity (Wildman–Crippen MR) is 99.4 cm³/mol. The summed E-state index contributed by atoms with van der Waals surface area (Å²) in [5, 5.41) is 10.0. The molecule has 0 radical (unpaired) electrons. The number of aliphatic hydroxyl groups excluding tert-OH is 1. The molecule has 1 aliphatic heterocycles. The number of aliphatic hydroxyl groups is 1. The number of fused-ring (bicyclic) bond motifs is 1. The van der Waals surface area contributed by atoms with Crippen LogP contribution in [-0.4, -0.2) is 42.7 Å². The Kier molecular flexibility index (Phi) is 8.79. The van der Waals surface area contributed by atoms with Crippen LogP contribution in [0.15, 0.2) is 24.3 Å². The van der Waals surface area contributed by atoms with Crippen LogP contribution in [0.5, 0.6) is 0 Å². The number of allylic oxidation sites excluding steroid dienone is 2. The maximum Gasteiger partial charge on any atom is 0.305 e. The number of ether oxygens (including phenoxy) is 2. The van der Waals surface area contributed by atoms with Crippen molar-refractivity contribution in [2.75, 3.05) is 7.11 Å². The predicted octanol–water partition coefficient (Wildman–Crippen LogP) is 4.12. The van der Waals surface area contributed by atoms with Crippen LogP contribution in [0.4, 0.5) is 4.39 Å². The van der Waals surface area contributed by atoms with E-state index in [1.165, 1.54) is 7.11 Å². The fourth-order valence-electron chi connectivity index (χ4n) is 3.99. The van der Waals surface area contributed by atoms with E-state index in [0.717, 1.165) is 38.5 Å². The topological polar surface area (TPSA) is 55.8 Å². The van der Waals surface area contributed by atoms with Crippen LogP contribution in [0.25, 0.3) is 0 Å². The summed E-state index contributed by atoms with van der Waals surface area (Å²) in [6.45, 7) is 2.14. The third-order valence-electron chi connectivity index (χ3n) is 5.47. The van der Waals surface area contributed by atoms with Crippen molar-refractivity contribution >= 4 is 5.97 Å². The first-order valence-electron chi connectivity index (χ1n) is 9.96. The van der Waals surface area contributed by atoms with Crippen molar-refractivity contribution in [3.63, 3.8) is 0 Å². The van der Waals surface area contributed by atoms with Crippen LogP contribution in [0, 0.1) is 11.8 Å². The van der Waals surface area contributed by atoms with Gasteiger partial charge in [-0.2, -0.15) is 0 Å². The first-order valence-corrected chi connectivity index (χ1v) is 9.96. The minimum absolute atomic E-state index is 0.0489. The lowest BCUT2D eigenvalue weighted by molar-refractivity contribution is -0.140. The standard InChI is InChI=1S/C21H33FO4/c1-3-4-5-8-16(23)13-11-15-12-14-17-20(15)21(22)18(26-17)9-6-7-10-19(24)25-2/h6,9,11,13,15-18,20-21,23H,3-5,7-8,10,12,14H2,1-2H3/b9-6+,13-11+/t15-,16-,17-,18?,20+,21?/m0/s1. The maximum absolute atomic E-state index is 14.9. The molecule has 0 bridgehead atoms. The van der Waals surface area contributed by atoms with Crippen LogP contribution in [0.3, 0.4) is 0 Å². The molecule has 5 heteroatoms. The monoisotopic (exact) mass is 368 g/mol. The molecule has 2 unspecified atom stereocenters. The van der Waals surface area contributed by atoms with Gasteiger partial charge in [0.15, 0.2) is 0 Å². The molecule has 6 atom stereocenters. The number of hydrogen-bond acceptors (Lipinski definition) is 4. The Labute approximate surface area is 156 Å². The second-order valence-electron chi connectivity index (χ2n) is 7.39. The molecule has 148 valence electrons. The molecule has 2 fully saturated rings. The first-order chi connectivity index (χ1) is 12.6. The highest BCUT2D eigenvalue weighted by Crippen LogP contribution is 2.45. The molecule has 1 aliphatic carbocycles. The highest BCUT2D eigenvalue weighted by molar-refractivity contribution is 5.69. The molecule has 4 nitrogen and oxygen atoms in total. The summed E-state index contributed by atoms with van der Waals surface area (Å²) >= 11 is 0. The lowest BCUT2D eigenvalue weighted by atomic mass is 9.89. The first kappa shape index (κ1) is 21.1. The Hall–Kier alpha value is -1.20. The SMILES string of the molecule is CCCCC[C@H](O)/C=C/[C@H]1CC[C@@H]2OC(/C=C/CCC(=O)OC)C(F)[C@@H]21. The molecule has 0 aromatic rings. The number of carbonyl (C=O) groups excluding carboxylic acids is 1. The van der Waals surface area contributed by atoms with E-state index in [-0.39, 0.29) is 23.9 Å². The summed E-state index contributed by atoms with van der Waals surface area (Å²) in [6.07, 6.45) is 12.0. The lowest BCUT2D eigenvalue weighted by Crippen LogP contribution is -2.24. The molecule has 26 heavy (non-hydrogen) atoms. The molecule has 0 aromatic carbocycles. The van der Waals surface area contributed by atoms with Gasteiger partial charge in [0.1, 0.15) is 12.3 Å². The average molecular weight is 368 g/mol. The molecular weight excluding hydrogens is 335 g/mol. The molecule has 0 amide bonds. The van der Waals surface area contributed by atoms with Crippen molar-refractivity contribution in [2.24, 2.45) is 11.8 Å². The highest BCUT2D eigenvalue weighted by atomic mass is 19.1. The quantitative estimate of drug-likeness (QED) is 0.358. The minimum atomic E-state index is -1.04. The molecule has 1 heterocycles. The van der Waals surface area contributed by atoms with Gasteiger partial charge in [-0.1, -0.05) is 50.5 Å². The largest absolute Gasteiger partial charge is 0.469 e. The number of alkyl halides is 1. The molecule has 2 rings (SSSR count). The van der Waals surface area contributed by atoms with Gasteiger partial charge in [0.2, 0.25) is 0 Å². The lowest BCUT2D eigenvalue weighted by Gasteiger charge is -2.17. The normalized spacial score (nSPS) is 32.4.